The summed E-state index contributed by atoms with van der Waals surface area (Å²) in [5.41, 5.74) is 7.09. The molecule has 0 saturated heterocycles. The van der Waals surface area contributed by atoms with E-state index in [1.165, 1.54) is 17.6 Å². The zero-order chi connectivity index (χ0) is 12.7. The van der Waals surface area contributed by atoms with Gasteiger partial charge in [-0.2, -0.15) is 0 Å². The zero-order valence-electron chi connectivity index (χ0n) is 10.3. The van der Waals surface area contributed by atoms with Crippen molar-refractivity contribution in [2.45, 2.75) is 30.7 Å². The first-order chi connectivity index (χ1) is 8.11. The van der Waals surface area contributed by atoms with Gasteiger partial charge in [0, 0.05) is 10.9 Å². The predicted octanol–water partition coefficient (Wildman–Crippen LogP) is 2.37. The molecular weight excluding hydrogens is 234 g/mol. The van der Waals surface area contributed by atoms with Crippen molar-refractivity contribution in [2.75, 3.05) is 12.9 Å². The number of ether oxygens (including phenoxy) is 1. The van der Waals surface area contributed by atoms with Gasteiger partial charge >= 0.3 is 5.97 Å². The van der Waals surface area contributed by atoms with Gasteiger partial charge in [0.1, 0.15) is 0 Å². The average Bonchev–Trinajstić information content (AvgIpc) is 2.31. The lowest BCUT2D eigenvalue weighted by Crippen LogP contribution is -2.25. The molecule has 1 rings (SSSR count). The second kappa shape index (κ2) is 7.35. The lowest BCUT2D eigenvalue weighted by Gasteiger charge is -2.09. The quantitative estimate of drug-likeness (QED) is 0.624. The van der Waals surface area contributed by atoms with Crippen molar-refractivity contribution in [3.63, 3.8) is 0 Å². The normalized spacial score (nSPS) is 12.2. The van der Waals surface area contributed by atoms with E-state index in [0.717, 1.165) is 12.2 Å². The van der Waals surface area contributed by atoms with Gasteiger partial charge < -0.3 is 10.5 Å². The molecule has 0 amide bonds. The molecule has 1 aromatic carbocycles. The number of methoxy groups -OCH3 is 1. The third-order valence-electron chi connectivity index (χ3n) is 2.43. The van der Waals surface area contributed by atoms with E-state index in [4.69, 9.17) is 5.73 Å². The van der Waals surface area contributed by atoms with Crippen LogP contribution in [0.15, 0.2) is 29.2 Å². The molecule has 1 unspecified atom stereocenters. The van der Waals surface area contributed by atoms with Crippen molar-refractivity contribution >= 4 is 17.7 Å². The maximum Gasteiger partial charge on any atom is 0.307 e. The van der Waals surface area contributed by atoms with E-state index >= 15 is 0 Å². The SMILES string of the molecule is COC(=O)CC(N)CCSc1ccc(C)cc1. The molecule has 0 spiro atoms. The van der Waals surface area contributed by atoms with Crippen LogP contribution in [0.5, 0.6) is 0 Å². The molecule has 0 saturated carbocycles. The Morgan fingerprint density at radius 2 is 2.06 bits per heavy atom. The van der Waals surface area contributed by atoms with Gasteiger partial charge in [0.15, 0.2) is 0 Å². The highest BCUT2D eigenvalue weighted by atomic mass is 32.2. The van der Waals surface area contributed by atoms with Crippen LogP contribution in [-0.4, -0.2) is 24.9 Å². The Bertz CT molecular complexity index is 351. The number of thioether (sulfide) groups is 1. The second-order valence-corrected chi connectivity index (χ2v) is 5.16. The number of benzene rings is 1. The molecule has 0 aromatic heterocycles. The maximum absolute atomic E-state index is 11.0. The molecule has 2 N–H and O–H groups in total. The van der Waals surface area contributed by atoms with Crippen LogP contribution in [0.3, 0.4) is 0 Å². The van der Waals surface area contributed by atoms with Gasteiger partial charge in [-0.1, -0.05) is 17.7 Å². The van der Waals surface area contributed by atoms with Crippen LogP contribution in [0.25, 0.3) is 0 Å². The molecule has 0 aliphatic heterocycles. The van der Waals surface area contributed by atoms with Crippen LogP contribution in [0.2, 0.25) is 0 Å². The molecule has 0 radical (unpaired) electrons. The van der Waals surface area contributed by atoms with Crippen molar-refractivity contribution < 1.29 is 9.53 Å². The number of hydrogen-bond acceptors (Lipinski definition) is 4. The van der Waals surface area contributed by atoms with Gasteiger partial charge in [-0.3, -0.25) is 4.79 Å². The highest BCUT2D eigenvalue weighted by molar-refractivity contribution is 7.99. The molecule has 0 fully saturated rings. The summed E-state index contributed by atoms with van der Waals surface area (Å²) in [6, 6.07) is 8.28. The standard InChI is InChI=1S/C13H19NO2S/c1-10-3-5-12(6-4-10)17-8-7-11(14)9-13(15)16-2/h3-6,11H,7-9,14H2,1-2H3. The molecule has 1 atom stereocenters. The van der Waals surface area contributed by atoms with Crippen LogP contribution >= 0.6 is 11.8 Å². The highest BCUT2D eigenvalue weighted by Crippen LogP contribution is 2.19. The third-order valence-corrected chi connectivity index (χ3v) is 3.48. The van der Waals surface area contributed by atoms with E-state index in [1.54, 1.807) is 11.8 Å². The number of nitrogens with two attached hydrogens (primary N) is 1. The van der Waals surface area contributed by atoms with Crippen molar-refractivity contribution in [1.29, 1.82) is 0 Å². The summed E-state index contributed by atoms with van der Waals surface area (Å²) >= 11 is 1.76. The number of rotatable bonds is 6. The molecule has 0 aliphatic carbocycles. The Labute approximate surface area is 107 Å². The predicted molar refractivity (Wildman–Crippen MR) is 71.1 cm³/mol. The number of esters is 1. The number of hydrogen-bond donors (Lipinski definition) is 1. The van der Waals surface area contributed by atoms with E-state index in [2.05, 4.69) is 35.9 Å². The van der Waals surface area contributed by atoms with E-state index < -0.39 is 0 Å². The van der Waals surface area contributed by atoms with Crippen molar-refractivity contribution in [1.82, 2.24) is 0 Å². The molecule has 3 nitrogen and oxygen atoms in total. The number of aryl methyl sites for hydroxylation is 1. The molecule has 94 valence electrons. The highest BCUT2D eigenvalue weighted by Gasteiger charge is 2.09. The first-order valence-electron chi connectivity index (χ1n) is 5.63. The lowest BCUT2D eigenvalue weighted by atomic mass is 10.2. The van der Waals surface area contributed by atoms with Crippen molar-refractivity contribution in [3.05, 3.63) is 29.8 Å². The minimum absolute atomic E-state index is 0.111. The minimum atomic E-state index is -0.238. The molecule has 4 heteroatoms. The summed E-state index contributed by atoms with van der Waals surface area (Å²) in [5.74, 6) is 0.680. The first-order valence-corrected chi connectivity index (χ1v) is 6.62. The summed E-state index contributed by atoms with van der Waals surface area (Å²) in [7, 11) is 1.39. The second-order valence-electron chi connectivity index (χ2n) is 3.99. The van der Waals surface area contributed by atoms with Gasteiger partial charge in [0.25, 0.3) is 0 Å². The lowest BCUT2D eigenvalue weighted by molar-refractivity contribution is -0.141. The van der Waals surface area contributed by atoms with E-state index in [1.807, 2.05) is 0 Å². The number of carbonyl (C=O) groups is 1. The van der Waals surface area contributed by atoms with E-state index in [9.17, 15) is 4.79 Å². The van der Waals surface area contributed by atoms with E-state index in [0.29, 0.717) is 6.42 Å². The Kier molecular flexibility index (Phi) is 6.08. The largest absolute Gasteiger partial charge is 0.469 e. The Morgan fingerprint density at radius 3 is 2.65 bits per heavy atom. The molecular formula is C13H19NO2S. The summed E-state index contributed by atoms with van der Waals surface area (Å²) < 4.78 is 4.57. The summed E-state index contributed by atoms with van der Waals surface area (Å²) in [5, 5.41) is 0. The minimum Gasteiger partial charge on any atom is -0.469 e. The Hall–Kier alpha value is -1.00. The summed E-state index contributed by atoms with van der Waals surface area (Å²) in [6.45, 7) is 2.07. The molecule has 0 bridgehead atoms. The van der Waals surface area contributed by atoms with Gasteiger partial charge in [0.2, 0.25) is 0 Å². The number of carbonyl (C=O) groups excluding carboxylic acids is 1. The van der Waals surface area contributed by atoms with Crippen LogP contribution in [-0.2, 0) is 9.53 Å². The van der Waals surface area contributed by atoms with Gasteiger partial charge in [-0.25, -0.2) is 0 Å². The monoisotopic (exact) mass is 253 g/mol. The van der Waals surface area contributed by atoms with Crippen molar-refractivity contribution in [2.24, 2.45) is 5.73 Å². The fraction of sp³-hybridized carbons (Fsp3) is 0.462. The Morgan fingerprint density at radius 1 is 1.41 bits per heavy atom. The van der Waals surface area contributed by atoms with Gasteiger partial charge in [-0.15, -0.1) is 11.8 Å². The smallest absolute Gasteiger partial charge is 0.307 e. The van der Waals surface area contributed by atoms with Gasteiger partial charge in [0.05, 0.1) is 13.5 Å². The topological polar surface area (TPSA) is 52.3 Å². The van der Waals surface area contributed by atoms with E-state index in [-0.39, 0.29) is 12.0 Å². The first kappa shape index (κ1) is 14.1. The molecule has 0 aliphatic rings. The van der Waals surface area contributed by atoms with Gasteiger partial charge in [-0.05, 0) is 31.2 Å². The Balaban J connectivity index is 2.23. The fourth-order valence-electron chi connectivity index (χ4n) is 1.36. The summed E-state index contributed by atoms with van der Waals surface area (Å²) in [4.78, 5) is 12.2. The van der Waals surface area contributed by atoms with Crippen LogP contribution in [0.1, 0.15) is 18.4 Å². The zero-order valence-corrected chi connectivity index (χ0v) is 11.1. The third kappa shape index (κ3) is 5.75. The van der Waals surface area contributed by atoms with Crippen LogP contribution in [0.4, 0.5) is 0 Å². The fourth-order valence-corrected chi connectivity index (χ4v) is 2.35. The van der Waals surface area contributed by atoms with Crippen LogP contribution < -0.4 is 5.73 Å². The molecule has 1 aromatic rings. The average molecular weight is 253 g/mol. The van der Waals surface area contributed by atoms with Crippen LogP contribution in [0, 0.1) is 6.92 Å². The summed E-state index contributed by atoms with van der Waals surface area (Å²) in [6.07, 6.45) is 1.11. The molecule has 0 heterocycles. The molecule has 17 heavy (non-hydrogen) atoms. The maximum atomic E-state index is 11.0. The van der Waals surface area contributed by atoms with Crippen molar-refractivity contribution in [3.8, 4) is 0 Å².